The van der Waals surface area contributed by atoms with Crippen LogP contribution in [0.25, 0.3) is 11.1 Å². The van der Waals surface area contributed by atoms with Crippen molar-refractivity contribution in [1.29, 1.82) is 0 Å². The maximum absolute atomic E-state index is 13.0. The molecule has 0 aliphatic carbocycles. The molecule has 4 heteroatoms. The Kier molecular flexibility index (Phi) is 7.86. The Bertz CT molecular complexity index is 1150. The summed E-state index contributed by atoms with van der Waals surface area (Å²) in [5.74, 6) is -0.638. The van der Waals surface area contributed by atoms with Crippen molar-refractivity contribution in [1.82, 2.24) is 4.90 Å². The van der Waals surface area contributed by atoms with Gasteiger partial charge in [-0.05, 0) is 27.8 Å². The van der Waals surface area contributed by atoms with Crippen LogP contribution in [0.4, 0.5) is 0 Å². The second kappa shape index (κ2) is 11.6. The Labute approximate surface area is 200 Å². The van der Waals surface area contributed by atoms with E-state index in [-0.39, 0.29) is 18.9 Å². The molecule has 0 radical (unpaired) electrons. The van der Waals surface area contributed by atoms with Crippen LogP contribution < -0.4 is 0 Å². The van der Waals surface area contributed by atoms with Crippen LogP contribution in [0.15, 0.2) is 115 Å². The van der Waals surface area contributed by atoms with Gasteiger partial charge in [-0.2, -0.15) is 0 Å². The standard InChI is InChI=1S/C30H27NO3/c32-29(31(21-25-10-4-1-5-11-25)22-26-12-6-2-7-13-26)23-34-30(33)20-24-16-18-28(19-17-24)27-14-8-3-9-15-27/h1-19H,20-23H2. The highest BCUT2D eigenvalue weighted by Crippen LogP contribution is 2.19. The highest BCUT2D eigenvalue weighted by Gasteiger charge is 2.17. The molecular weight excluding hydrogens is 422 g/mol. The van der Waals surface area contributed by atoms with Crippen molar-refractivity contribution in [3.8, 4) is 11.1 Å². The Morgan fingerprint density at radius 1 is 0.559 bits per heavy atom. The fourth-order valence-corrected chi connectivity index (χ4v) is 3.74. The number of hydrogen-bond acceptors (Lipinski definition) is 3. The molecule has 0 saturated heterocycles. The monoisotopic (exact) mass is 449 g/mol. The molecule has 0 unspecified atom stereocenters. The number of hydrogen-bond donors (Lipinski definition) is 0. The first-order valence-corrected chi connectivity index (χ1v) is 11.3. The molecule has 0 N–H and O–H groups in total. The molecule has 0 spiro atoms. The minimum atomic E-state index is -0.416. The number of nitrogens with zero attached hydrogens (tertiary/aromatic N) is 1. The molecule has 0 fully saturated rings. The van der Waals surface area contributed by atoms with Crippen molar-refractivity contribution >= 4 is 11.9 Å². The van der Waals surface area contributed by atoms with E-state index < -0.39 is 5.97 Å². The first-order chi connectivity index (χ1) is 16.7. The number of rotatable bonds is 9. The van der Waals surface area contributed by atoms with Crippen LogP contribution in [0.3, 0.4) is 0 Å². The Hall–Kier alpha value is -4.18. The first-order valence-electron chi connectivity index (χ1n) is 11.3. The minimum absolute atomic E-state index is 0.125. The van der Waals surface area contributed by atoms with Gasteiger partial charge in [0.15, 0.2) is 6.61 Å². The van der Waals surface area contributed by atoms with Crippen LogP contribution >= 0.6 is 0 Å². The number of amides is 1. The van der Waals surface area contributed by atoms with E-state index >= 15 is 0 Å². The van der Waals surface area contributed by atoms with Crippen LogP contribution in [0.1, 0.15) is 16.7 Å². The Balaban J connectivity index is 1.34. The lowest BCUT2D eigenvalue weighted by Gasteiger charge is -2.23. The van der Waals surface area contributed by atoms with Crippen molar-refractivity contribution in [3.63, 3.8) is 0 Å². The molecule has 1 amide bonds. The van der Waals surface area contributed by atoms with Gasteiger partial charge in [0.05, 0.1) is 6.42 Å². The SMILES string of the molecule is O=C(Cc1ccc(-c2ccccc2)cc1)OCC(=O)N(Cc1ccccc1)Cc1ccccc1. The summed E-state index contributed by atoms with van der Waals surface area (Å²) in [6.45, 7) is 0.626. The van der Waals surface area contributed by atoms with E-state index in [2.05, 4.69) is 0 Å². The highest BCUT2D eigenvalue weighted by atomic mass is 16.5. The van der Waals surface area contributed by atoms with Crippen LogP contribution in [0.5, 0.6) is 0 Å². The van der Waals surface area contributed by atoms with E-state index in [0.717, 1.165) is 27.8 Å². The molecule has 4 rings (SSSR count). The zero-order valence-electron chi connectivity index (χ0n) is 19.0. The number of ether oxygens (including phenoxy) is 1. The molecular formula is C30H27NO3. The predicted molar refractivity (Wildman–Crippen MR) is 134 cm³/mol. The topological polar surface area (TPSA) is 46.6 Å². The molecule has 4 aromatic carbocycles. The molecule has 0 bridgehead atoms. The fraction of sp³-hybridized carbons (Fsp3) is 0.133. The summed E-state index contributed by atoms with van der Waals surface area (Å²) in [7, 11) is 0. The molecule has 4 aromatic rings. The van der Waals surface area contributed by atoms with Crippen molar-refractivity contribution in [2.75, 3.05) is 6.61 Å². The van der Waals surface area contributed by atoms with E-state index in [9.17, 15) is 9.59 Å². The van der Waals surface area contributed by atoms with Gasteiger partial charge in [0.25, 0.3) is 5.91 Å². The van der Waals surface area contributed by atoms with E-state index in [1.165, 1.54) is 0 Å². The Morgan fingerprint density at radius 3 is 1.56 bits per heavy atom. The van der Waals surface area contributed by atoms with E-state index in [4.69, 9.17) is 4.74 Å². The Morgan fingerprint density at radius 2 is 1.03 bits per heavy atom. The van der Waals surface area contributed by atoms with Crippen LogP contribution in [0.2, 0.25) is 0 Å². The molecule has 0 heterocycles. The van der Waals surface area contributed by atoms with Gasteiger partial charge in [0.1, 0.15) is 0 Å². The molecule has 0 aromatic heterocycles. The van der Waals surface area contributed by atoms with Gasteiger partial charge >= 0.3 is 5.97 Å². The second-order valence-corrected chi connectivity index (χ2v) is 8.12. The largest absolute Gasteiger partial charge is 0.455 e. The number of carbonyl (C=O) groups is 2. The second-order valence-electron chi connectivity index (χ2n) is 8.12. The lowest BCUT2D eigenvalue weighted by atomic mass is 10.0. The number of benzene rings is 4. The normalized spacial score (nSPS) is 10.5. The summed E-state index contributed by atoms with van der Waals surface area (Å²) in [6.07, 6.45) is 0.125. The summed E-state index contributed by atoms with van der Waals surface area (Å²) >= 11 is 0. The quantitative estimate of drug-likeness (QED) is 0.309. The summed E-state index contributed by atoms with van der Waals surface area (Å²) in [5, 5.41) is 0. The van der Waals surface area contributed by atoms with Crippen molar-refractivity contribution < 1.29 is 14.3 Å². The number of esters is 1. The predicted octanol–water partition coefficient (Wildman–Crippen LogP) is 5.67. The van der Waals surface area contributed by atoms with Gasteiger partial charge in [-0.15, -0.1) is 0 Å². The molecule has 0 aliphatic rings. The first kappa shape index (κ1) is 23.0. The average molecular weight is 450 g/mol. The van der Waals surface area contributed by atoms with E-state index in [1.54, 1.807) is 4.90 Å². The van der Waals surface area contributed by atoms with Gasteiger partial charge in [-0.3, -0.25) is 9.59 Å². The van der Waals surface area contributed by atoms with Gasteiger partial charge in [-0.1, -0.05) is 115 Å². The van der Waals surface area contributed by atoms with Crippen molar-refractivity contribution in [2.45, 2.75) is 19.5 Å². The van der Waals surface area contributed by atoms with Gasteiger partial charge in [0, 0.05) is 13.1 Å². The summed E-state index contributed by atoms with van der Waals surface area (Å²) in [4.78, 5) is 27.1. The van der Waals surface area contributed by atoms with Gasteiger partial charge in [0.2, 0.25) is 0 Å². The third kappa shape index (κ3) is 6.66. The minimum Gasteiger partial charge on any atom is -0.455 e. The smallest absolute Gasteiger partial charge is 0.310 e. The molecule has 170 valence electrons. The lowest BCUT2D eigenvalue weighted by molar-refractivity contribution is -0.152. The van der Waals surface area contributed by atoms with Gasteiger partial charge < -0.3 is 9.64 Å². The molecule has 4 nitrogen and oxygen atoms in total. The summed E-state index contributed by atoms with van der Waals surface area (Å²) < 4.78 is 5.35. The zero-order chi connectivity index (χ0) is 23.6. The third-order valence-corrected chi connectivity index (χ3v) is 5.55. The van der Waals surface area contributed by atoms with E-state index in [0.29, 0.717) is 13.1 Å². The third-order valence-electron chi connectivity index (χ3n) is 5.55. The number of carbonyl (C=O) groups excluding carboxylic acids is 2. The fourth-order valence-electron chi connectivity index (χ4n) is 3.74. The van der Waals surface area contributed by atoms with Crippen molar-refractivity contribution in [3.05, 3.63) is 132 Å². The summed E-state index contributed by atoms with van der Waals surface area (Å²) in [6, 6.07) is 37.5. The maximum atomic E-state index is 13.0. The molecule has 0 atom stereocenters. The van der Waals surface area contributed by atoms with Gasteiger partial charge in [-0.25, -0.2) is 0 Å². The molecule has 0 aliphatic heterocycles. The molecule has 34 heavy (non-hydrogen) atoms. The molecule has 0 saturated carbocycles. The lowest BCUT2D eigenvalue weighted by Crippen LogP contribution is -2.34. The highest BCUT2D eigenvalue weighted by molar-refractivity contribution is 5.81. The summed E-state index contributed by atoms with van der Waals surface area (Å²) in [5.41, 5.74) is 5.11. The van der Waals surface area contributed by atoms with E-state index in [1.807, 2.05) is 115 Å². The van der Waals surface area contributed by atoms with Crippen LogP contribution in [-0.2, 0) is 33.8 Å². The average Bonchev–Trinajstić information content (AvgIpc) is 2.89. The maximum Gasteiger partial charge on any atom is 0.310 e. The zero-order valence-corrected chi connectivity index (χ0v) is 19.0. The van der Waals surface area contributed by atoms with Crippen LogP contribution in [-0.4, -0.2) is 23.4 Å². The van der Waals surface area contributed by atoms with Crippen LogP contribution in [0, 0.1) is 0 Å². The van der Waals surface area contributed by atoms with Crippen molar-refractivity contribution in [2.24, 2.45) is 0 Å².